The Hall–Kier alpha value is -3.70. The van der Waals surface area contributed by atoms with Gasteiger partial charge in [-0.1, -0.05) is 30.3 Å². The van der Waals surface area contributed by atoms with Crippen LogP contribution in [-0.4, -0.2) is 13.4 Å². The highest BCUT2D eigenvalue weighted by Gasteiger charge is 2.27. The van der Waals surface area contributed by atoms with Crippen LogP contribution in [0.5, 0.6) is 0 Å². The highest BCUT2D eigenvalue weighted by Crippen LogP contribution is 2.38. The summed E-state index contributed by atoms with van der Waals surface area (Å²) < 4.78 is 68.6. The summed E-state index contributed by atoms with van der Waals surface area (Å²) in [5, 5.41) is 0.283. The predicted molar refractivity (Wildman–Crippen MR) is 105 cm³/mol. The fraction of sp³-hybridized carbons (Fsp3) is 0. The lowest BCUT2D eigenvalue weighted by atomic mass is 10.0. The Kier molecular flexibility index (Phi) is 4.76. The lowest BCUT2D eigenvalue weighted by Crippen LogP contribution is -2.07. The van der Waals surface area contributed by atoms with Crippen LogP contribution in [0.2, 0.25) is 0 Å². The summed E-state index contributed by atoms with van der Waals surface area (Å²) in [6, 6.07) is 11.9. The Morgan fingerprint density at radius 2 is 1.60 bits per heavy atom. The molecule has 3 aromatic carbocycles. The van der Waals surface area contributed by atoms with Crippen LogP contribution in [0, 0.1) is 24.0 Å². The standard InChI is InChI=1S/C22H11F3N2O2S/c1-26-15-6-7-18-20(11-15)27-12-21(22(18)17-4-2-3-5-19(17)25)30(28,29)16-9-13(23)8-14(24)10-16/h2-12H. The second kappa shape index (κ2) is 7.28. The van der Waals surface area contributed by atoms with Crippen molar-refractivity contribution >= 4 is 26.4 Å². The number of hydrogen-bond acceptors (Lipinski definition) is 3. The van der Waals surface area contributed by atoms with Crippen LogP contribution in [-0.2, 0) is 9.84 Å². The van der Waals surface area contributed by atoms with Crippen LogP contribution in [0.3, 0.4) is 0 Å². The van der Waals surface area contributed by atoms with Crippen molar-refractivity contribution in [2.24, 2.45) is 0 Å². The third-order valence-electron chi connectivity index (χ3n) is 4.53. The molecule has 0 N–H and O–H groups in total. The first-order valence-corrected chi connectivity index (χ1v) is 10.1. The number of hydrogen-bond donors (Lipinski definition) is 0. The van der Waals surface area contributed by atoms with E-state index in [1.54, 1.807) is 0 Å². The molecule has 0 atom stereocenters. The van der Waals surface area contributed by atoms with Gasteiger partial charge >= 0.3 is 0 Å². The van der Waals surface area contributed by atoms with Gasteiger partial charge in [-0.3, -0.25) is 4.98 Å². The maximum absolute atomic E-state index is 14.7. The molecule has 0 fully saturated rings. The van der Waals surface area contributed by atoms with Gasteiger partial charge in [0.2, 0.25) is 9.84 Å². The molecular weight excluding hydrogens is 413 g/mol. The minimum atomic E-state index is -4.46. The number of aromatic nitrogens is 1. The maximum Gasteiger partial charge on any atom is 0.208 e. The van der Waals surface area contributed by atoms with Crippen molar-refractivity contribution in [1.29, 1.82) is 0 Å². The number of pyridine rings is 1. The molecule has 0 radical (unpaired) electrons. The minimum absolute atomic E-state index is 0.000648. The van der Waals surface area contributed by atoms with E-state index in [9.17, 15) is 21.6 Å². The van der Waals surface area contributed by atoms with Crippen LogP contribution >= 0.6 is 0 Å². The van der Waals surface area contributed by atoms with Gasteiger partial charge in [0.15, 0.2) is 5.69 Å². The van der Waals surface area contributed by atoms with Crippen LogP contribution in [0.15, 0.2) is 76.7 Å². The van der Waals surface area contributed by atoms with Crippen molar-refractivity contribution in [2.75, 3.05) is 0 Å². The van der Waals surface area contributed by atoms with Gasteiger partial charge in [0.25, 0.3) is 0 Å². The highest BCUT2D eigenvalue weighted by molar-refractivity contribution is 7.91. The topological polar surface area (TPSA) is 51.4 Å². The Balaban J connectivity index is 2.11. The van der Waals surface area contributed by atoms with Gasteiger partial charge in [-0.2, -0.15) is 0 Å². The molecule has 0 unspecified atom stereocenters. The molecule has 0 saturated heterocycles. The predicted octanol–water partition coefficient (Wildman–Crippen LogP) is 5.70. The molecule has 0 spiro atoms. The Morgan fingerprint density at radius 3 is 2.27 bits per heavy atom. The average molecular weight is 424 g/mol. The summed E-state index contributed by atoms with van der Waals surface area (Å²) >= 11 is 0. The highest BCUT2D eigenvalue weighted by atomic mass is 32.2. The van der Waals surface area contributed by atoms with Gasteiger partial charge in [-0.15, -0.1) is 0 Å². The molecule has 4 nitrogen and oxygen atoms in total. The van der Waals surface area contributed by atoms with Crippen molar-refractivity contribution in [3.63, 3.8) is 0 Å². The zero-order valence-corrected chi connectivity index (χ0v) is 15.9. The Morgan fingerprint density at radius 1 is 0.900 bits per heavy atom. The van der Waals surface area contributed by atoms with E-state index >= 15 is 0 Å². The minimum Gasteiger partial charge on any atom is -0.256 e. The SMILES string of the molecule is [C-]#[N+]c1ccc2c(-c3ccccc3F)c(S(=O)(=O)c3cc(F)cc(F)c3)cnc2c1. The number of halogens is 3. The number of benzene rings is 3. The molecule has 1 heterocycles. The normalized spacial score (nSPS) is 11.4. The van der Waals surface area contributed by atoms with Gasteiger partial charge < -0.3 is 0 Å². The smallest absolute Gasteiger partial charge is 0.208 e. The summed E-state index contributed by atoms with van der Waals surface area (Å²) in [5.41, 5.74) is 0.540. The number of rotatable bonds is 3. The Labute approximate surface area is 170 Å². The molecule has 8 heteroatoms. The molecule has 0 aliphatic rings. The van der Waals surface area contributed by atoms with E-state index in [0.29, 0.717) is 18.2 Å². The fourth-order valence-electron chi connectivity index (χ4n) is 3.19. The largest absolute Gasteiger partial charge is 0.256 e. The molecule has 0 aliphatic heterocycles. The van der Waals surface area contributed by atoms with Crippen molar-refractivity contribution in [3.05, 3.63) is 95.7 Å². The first-order valence-electron chi connectivity index (χ1n) is 8.57. The van der Waals surface area contributed by atoms with Gasteiger partial charge in [0.1, 0.15) is 17.5 Å². The van der Waals surface area contributed by atoms with Gasteiger partial charge in [-0.05, 0) is 24.3 Å². The molecule has 4 aromatic rings. The number of fused-ring (bicyclic) bond motifs is 1. The molecule has 0 saturated carbocycles. The molecule has 1 aromatic heterocycles. The van der Waals surface area contributed by atoms with Gasteiger partial charge in [-0.25, -0.2) is 26.4 Å². The quantitative estimate of drug-likeness (QED) is 0.396. The zero-order chi connectivity index (χ0) is 21.5. The van der Waals surface area contributed by atoms with Crippen LogP contribution < -0.4 is 0 Å². The van der Waals surface area contributed by atoms with E-state index in [1.807, 2.05) is 0 Å². The number of sulfone groups is 1. The Bertz CT molecular complexity index is 1440. The van der Waals surface area contributed by atoms with Crippen molar-refractivity contribution < 1.29 is 21.6 Å². The van der Waals surface area contributed by atoms with Crippen LogP contribution in [0.1, 0.15) is 0 Å². The van der Waals surface area contributed by atoms with E-state index in [1.165, 1.54) is 42.5 Å². The summed E-state index contributed by atoms with van der Waals surface area (Å²) in [5.74, 6) is -2.80. The summed E-state index contributed by atoms with van der Waals surface area (Å²) in [7, 11) is -4.46. The third-order valence-corrected chi connectivity index (χ3v) is 6.27. The molecule has 4 rings (SSSR count). The fourth-order valence-corrected chi connectivity index (χ4v) is 4.66. The van der Waals surface area contributed by atoms with Gasteiger partial charge in [0.05, 0.1) is 21.9 Å². The second-order valence-electron chi connectivity index (χ2n) is 6.40. The molecule has 30 heavy (non-hydrogen) atoms. The molecule has 0 aliphatic carbocycles. The molecular formula is C22H11F3N2O2S. The number of nitrogens with zero attached hydrogens (tertiary/aromatic N) is 2. The van der Waals surface area contributed by atoms with E-state index in [0.717, 1.165) is 6.20 Å². The summed E-state index contributed by atoms with van der Waals surface area (Å²) in [6.07, 6.45) is 1.01. The lowest BCUT2D eigenvalue weighted by molar-refractivity contribution is 0.567. The van der Waals surface area contributed by atoms with E-state index in [2.05, 4.69) is 9.83 Å². The maximum atomic E-state index is 14.7. The van der Waals surface area contributed by atoms with E-state index in [4.69, 9.17) is 6.57 Å². The van der Waals surface area contributed by atoms with Gasteiger partial charge in [0, 0.05) is 28.8 Å². The van der Waals surface area contributed by atoms with Crippen molar-refractivity contribution in [2.45, 2.75) is 9.79 Å². The van der Waals surface area contributed by atoms with Crippen LogP contribution in [0.25, 0.3) is 26.9 Å². The first kappa shape index (κ1) is 19.6. The first-order chi connectivity index (χ1) is 14.3. The lowest BCUT2D eigenvalue weighted by Gasteiger charge is -2.15. The molecule has 0 amide bonds. The zero-order valence-electron chi connectivity index (χ0n) is 15.1. The van der Waals surface area contributed by atoms with E-state index < -0.39 is 37.1 Å². The monoisotopic (exact) mass is 424 g/mol. The van der Waals surface area contributed by atoms with Crippen molar-refractivity contribution in [3.8, 4) is 11.1 Å². The second-order valence-corrected chi connectivity index (χ2v) is 8.32. The van der Waals surface area contributed by atoms with E-state index in [-0.39, 0.29) is 27.7 Å². The van der Waals surface area contributed by atoms with Crippen LogP contribution in [0.4, 0.5) is 18.9 Å². The summed E-state index contributed by atoms with van der Waals surface area (Å²) in [6.45, 7) is 7.14. The third kappa shape index (κ3) is 3.29. The average Bonchev–Trinajstić information content (AvgIpc) is 2.72. The van der Waals surface area contributed by atoms with Crippen molar-refractivity contribution in [1.82, 2.24) is 4.98 Å². The molecule has 0 bridgehead atoms. The molecule has 148 valence electrons. The summed E-state index contributed by atoms with van der Waals surface area (Å²) in [4.78, 5) is 6.41.